The van der Waals surface area contributed by atoms with Crippen LogP contribution in [0.25, 0.3) is 11.1 Å². The minimum absolute atomic E-state index is 0.291. The van der Waals surface area contributed by atoms with Crippen molar-refractivity contribution in [3.8, 4) is 11.1 Å². The minimum Gasteiger partial charge on any atom is -0.465 e. The zero-order valence-electron chi connectivity index (χ0n) is 13.7. The van der Waals surface area contributed by atoms with Crippen molar-refractivity contribution >= 4 is 11.8 Å². The fourth-order valence-corrected chi connectivity index (χ4v) is 3.31. The second-order valence-electron chi connectivity index (χ2n) is 6.34. The van der Waals surface area contributed by atoms with Gasteiger partial charge in [0.2, 0.25) is 0 Å². The summed E-state index contributed by atoms with van der Waals surface area (Å²) in [6.07, 6.45) is -0.0318. The summed E-state index contributed by atoms with van der Waals surface area (Å²) in [5.74, 6) is -0.0803. The molecule has 0 bridgehead atoms. The van der Waals surface area contributed by atoms with Gasteiger partial charge in [0, 0.05) is 18.7 Å². The molecule has 1 aliphatic rings. The van der Waals surface area contributed by atoms with E-state index in [1.165, 1.54) is 17.0 Å². The maximum absolute atomic E-state index is 13.8. The van der Waals surface area contributed by atoms with E-state index < -0.39 is 6.09 Å². The van der Waals surface area contributed by atoms with Crippen molar-refractivity contribution in [2.45, 2.75) is 6.42 Å². The van der Waals surface area contributed by atoms with E-state index in [9.17, 15) is 14.3 Å². The Morgan fingerprint density at radius 1 is 1.29 bits per heavy atom. The average molecular weight is 328 g/mol. The number of hydrogen-bond acceptors (Lipinski definition) is 2. The molecule has 2 aromatic rings. The van der Waals surface area contributed by atoms with E-state index in [-0.39, 0.29) is 5.82 Å². The van der Waals surface area contributed by atoms with Gasteiger partial charge >= 0.3 is 6.09 Å². The molecule has 1 N–H and O–H groups in total. The second-order valence-corrected chi connectivity index (χ2v) is 6.34. The van der Waals surface area contributed by atoms with Crippen LogP contribution >= 0.6 is 0 Å². The molecule has 4 nitrogen and oxygen atoms in total. The number of likely N-dealkylation sites (tertiary alicyclic amines) is 1. The average Bonchev–Trinajstić information content (AvgIpc) is 2.99. The van der Waals surface area contributed by atoms with Crippen LogP contribution in [0.2, 0.25) is 0 Å². The number of amides is 1. The number of anilines is 1. The quantitative estimate of drug-likeness (QED) is 0.925. The van der Waals surface area contributed by atoms with Crippen molar-refractivity contribution in [3.05, 3.63) is 54.3 Å². The second kappa shape index (κ2) is 7.01. The number of rotatable bonds is 4. The van der Waals surface area contributed by atoms with Gasteiger partial charge in [-0.1, -0.05) is 30.3 Å². The molecule has 0 spiro atoms. The van der Waals surface area contributed by atoms with Gasteiger partial charge in [-0.2, -0.15) is 0 Å². The lowest BCUT2D eigenvalue weighted by molar-refractivity contribution is 0.200. The minimum atomic E-state index is -1.01. The monoisotopic (exact) mass is 328 g/mol. The van der Waals surface area contributed by atoms with E-state index in [1.54, 1.807) is 6.07 Å². The van der Waals surface area contributed by atoms with Crippen LogP contribution in [-0.2, 0) is 0 Å². The van der Waals surface area contributed by atoms with E-state index in [0.29, 0.717) is 23.7 Å². The SMILES string of the molecule is CN1CC[C@H](CN(C(=O)O)c2ccc(F)cc2-c2ccccc2)C1. The highest BCUT2D eigenvalue weighted by Gasteiger charge is 2.26. The van der Waals surface area contributed by atoms with Gasteiger partial charge in [-0.15, -0.1) is 0 Å². The lowest BCUT2D eigenvalue weighted by Crippen LogP contribution is -2.35. The molecular weight excluding hydrogens is 307 g/mol. The zero-order valence-corrected chi connectivity index (χ0v) is 13.7. The first-order valence-corrected chi connectivity index (χ1v) is 8.08. The predicted octanol–water partition coefficient (Wildman–Crippen LogP) is 3.93. The third kappa shape index (κ3) is 3.57. The van der Waals surface area contributed by atoms with E-state index in [0.717, 1.165) is 25.1 Å². The van der Waals surface area contributed by atoms with Gasteiger partial charge < -0.3 is 10.0 Å². The number of carbonyl (C=O) groups is 1. The van der Waals surface area contributed by atoms with Crippen LogP contribution in [0.3, 0.4) is 0 Å². The Balaban J connectivity index is 1.97. The van der Waals surface area contributed by atoms with Gasteiger partial charge in [0.1, 0.15) is 5.82 Å². The first-order valence-electron chi connectivity index (χ1n) is 8.08. The van der Waals surface area contributed by atoms with Gasteiger partial charge in [0.05, 0.1) is 5.69 Å². The Hall–Kier alpha value is -2.40. The molecule has 1 fully saturated rings. The zero-order chi connectivity index (χ0) is 17.1. The lowest BCUT2D eigenvalue weighted by Gasteiger charge is -2.25. The maximum atomic E-state index is 13.8. The van der Waals surface area contributed by atoms with Crippen molar-refractivity contribution < 1.29 is 14.3 Å². The Labute approximate surface area is 141 Å². The van der Waals surface area contributed by atoms with Crippen LogP contribution in [0.5, 0.6) is 0 Å². The summed E-state index contributed by atoms with van der Waals surface area (Å²) in [5.41, 5.74) is 1.94. The molecule has 0 saturated carbocycles. The molecule has 1 aliphatic heterocycles. The summed E-state index contributed by atoms with van der Waals surface area (Å²) in [6.45, 7) is 2.28. The van der Waals surface area contributed by atoms with Crippen molar-refractivity contribution in [2.75, 3.05) is 31.6 Å². The Bertz CT molecular complexity index is 721. The van der Waals surface area contributed by atoms with Gasteiger partial charge in [-0.25, -0.2) is 9.18 Å². The maximum Gasteiger partial charge on any atom is 0.411 e. The summed E-state index contributed by atoms with van der Waals surface area (Å²) >= 11 is 0. The first-order chi connectivity index (χ1) is 11.5. The first kappa shape index (κ1) is 16.5. The van der Waals surface area contributed by atoms with Crippen LogP contribution in [0.4, 0.5) is 14.9 Å². The van der Waals surface area contributed by atoms with Crippen molar-refractivity contribution in [1.82, 2.24) is 4.90 Å². The molecule has 126 valence electrons. The van der Waals surface area contributed by atoms with E-state index in [1.807, 2.05) is 37.4 Å². The predicted molar refractivity (Wildman–Crippen MR) is 92.8 cm³/mol. The Morgan fingerprint density at radius 2 is 2.04 bits per heavy atom. The third-order valence-electron chi connectivity index (χ3n) is 4.49. The van der Waals surface area contributed by atoms with Crippen LogP contribution in [0.1, 0.15) is 6.42 Å². The van der Waals surface area contributed by atoms with E-state index in [4.69, 9.17) is 0 Å². The lowest BCUT2D eigenvalue weighted by atomic mass is 10.0. The summed E-state index contributed by atoms with van der Waals surface area (Å²) in [5, 5.41) is 9.71. The molecular formula is C19H21FN2O2. The van der Waals surface area contributed by atoms with Crippen LogP contribution in [0.15, 0.2) is 48.5 Å². The van der Waals surface area contributed by atoms with Crippen molar-refractivity contribution in [1.29, 1.82) is 0 Å². The molecule has 0 radical (unpaired) electrons. The third-order valence-corrected chi connectivity index (χ3v) is 4.49. The van der Waals surface area contributed by atoms with Gasteiger partial charge in [0.15, 0.2) is 0 Å². The summed E-state index contributed by atoms with van der Waals surface area (Å²) in [4.78, 5) is 15.4. The Morgan fingerprint density at radius 3 is 2.67 bits per heavy atom. The molecule has 0 unspecified atom stereocenters. The summed E-state index contributed by atoms with van der Waals surface area (Å²) in [7, 11) is 2.04. The normalized spacial score (nSPS) is 17.8. The summed E-state index contributed by atoms with van der Waals surface area (Å²) in [6, 6.07) is 13.6. The van der Waals surface area contributed by atoms with Crippen LogP contribution < -0.4 is 4.90 Å². The highest BCUT2D eigenvalue weighted by Crippen LogP contribution is 2.33. The van der Waals surface area contributed by atoms with E-state index in [2.05, 4.69) is 4.90 Å². The van der Waals surface area contributed by atoms with Gasteiger partial charge in [-0.3, -0.25) is 4.90 Å². The van der Waals surface area contributed by atoms with Crippen LogP contribution in [-0.4, -0.2) is 42.8 Å². The highest BCUT2D eigenvalue weighted by molar-refractivity contribution is 5.92. The molecule has 24 heavy (non-hydrogen) atoms. The standard InChI is InChI=1S/C19H21FN2O2/c1-21-10-9-14(12-21)13-22(19(23)24)18-8-7-16(20)11-17(18)15-5-3-2-4-6-15/h2-8,11,14H,9-10,12-13H2,1H3,(H,23,24)/t14-/m0/s1. The molecule has 2 aromatic carbocycles. The number of hydrogen-bond donors (Lipinski definition) is 1. The molecule has 1 amide bonds. The Kier molecular flexibility index (Phi) is 4.81. The highest BCUT2D eigenvalue weighted by atomic mass is 19.1. The largest absolute Gasteiger partial charge is 0.465 e. The van der Waals surface area contributed by atoms with Gasteiger partial charge in [-0.05, 0) is 49.7 Å². The fraction of sp³-hybridized carbons (Fsp3) is 0.316. The number of nitrogens with zero attached hydrogens (tertiary/aromatic N) is 2. The van der Waals surface area contributed by atoms with E-state index >= 15 is 0 Å². The molecule has 1 saturated heterocycles. The van der Waals surface area contributed by atoms with Crippen LogP contribution in [0, 0.1) is 11.7 Å². The number of halogens is 1. The van der Waals surface area contributed by atoms with Gasteiger partial charge in [0.25, 0.3) is 0 Å². The molecule has 0 aliphatic carbocycles. The topological polar surface area (TPSA) is 43.8 Å². The van der Waals surface area contributed by atoms with Crippen molar-refractivity contribution in [2.24, 2.45) is 5.92 Å². The molecule has 1 atom stereocenters. The number of benzene rings is 2. The molecule has 3 rings (SSSR count). The molecule has 1 heterocycles. The summed E-state index contributed by atoms with van der Waals surface area (Å²) < 4.78 is 13.8. The fourth-order valence-electron chi connectivity index (χ4n) is 3.31. The molecule has 0 aromatic heterocycles. The van der Waals surface area contributed by atoms with Crippen molar-refractivity contribution in [3.63, 3.8) is 0 Å². The number of carboxylic acid groups (broad SMARTS) is 1. The smallest absolute Gasteiger partial charge is 0.411 e. The molecule has 5 heteroatoms.